The number of rotatable bonds is 6. The van der Waals surface area contributed by atoms with Crippen molar-refractivity contribution in [2.45, 2.75) is 63.7 Å². The fraction of sp³-hybridized carbons (Fsp3) is 0.567. The lowest BCUT2D eigenvalue weighted by Crippen LogP contribution is -2.41. The Morgan fingerprint density at radius 3 is 2.69 bits per heavy atom. The Morgan fingerprint density at radius 1 is 1.08 bits per heavy atom. The average Bonchev–Trinajstić information content (AvgIpc) is 3.31. The minimum Gasteiger partial charge on any atom is -0.381 e. The lowest BCUT2D eigenvalue weighted by molar-refractivity contribution is 0.0700. The van der Waals surface area contributed by atoms with E-state index in [1.807, 2.05) is 9.47 Å². The summed E-state index contributed by atoms with van der Waals surface area (Å²) in [7, 11) is 0. The molecular weight excluding hydrogens is 495 g/mol. The van der Waals surface area contributed by atoms with E-state index in [4.69, 9.17) is 20.4 Å². The number of fused-ring (bicyclic) bond motifs is 4. The molecule has 1 amide bonds. The van der Waals surface area contributed by atoms with Crippen molar-refractivity contribution in [3.05, 3.63) is 40.3 Å². The van der Waals surface area contributed by atoms with Gasteiger partial charge in [-0.05, 0) is 68.6 Å². The highest BCUT2D eigenvalue weighted by Crippen LogP contribution is 2.38. The minimum absolute atomic E-state index is 0.0227. The second-order valence-electron chi connectivity index (χ2n) is 12.3. The van der Waals surface area contributed by atoms with Gasteiger partial charge in [0.25, 0.3) is 5.91 Å². The molecule has 2 aliphatic carbocycles. The zero-order valence-corrected chi connectivity index (χ0v) is 22.2. The van der Waals surface area contributed by atoms with Crippen LogP contribution < -0.4 is 16.4 Å². The van der Waals surface area contributed by atoms with E-state index in [0.717, 1.165) is 67.6 Å². The number of likely N-dealkylation sites (tertiary alicyclic amines) is 1. The van der Waals surface area contributed by atoms with Gasteiger partial charge in [-0.2, -0.15) is 0 Å². The van der Waals surface area contributed by atoms with Crippen LogP contribution in [0.15, 0.2) is 23.2 Å². The van der Waals surface area contributed by atoms with Crippen LogP contribution in [0, 0.1) is 23.6 Å². The molecule has 2 bridgehead atoms. The van der Waals surface area contributed by atoms with Crippen molar-refractivity contribution in [2.24, 2.45) is 28.5 Å². The number of carbonyl (C=O) groups excluding carboxylic acids is 1. The molecule has 8 rings (SSSR count). The summed E-state index contributed by atoms with van der Waals surface area (Å²) in [5.74, 6) is 1.51. The summed E-state index contributed by atoms with van der Waals surface area (Å²) in [6, 6.07) is 5.44. The molecule has 2 N–H and O–H groups in total. The summed E-state index contributed by atoms with van der Waals surface area (Å²) < 4.78 is 26.1. The van der Waals surface area contributed by atoms with E-state index in [0.29, 0.717) is 54.0 Å². The highest BCUT2D eigenvalue weighted by atomic mass is 19.1. The predicted octanol–water partition coefficient (Wildman–Crippen LogP) is 2.46. The first-order valence-electron chi connectivity index (χ1n) is 14.6. The zero-order valence-electron chi connectivity index (χ0n) is 22.2. The third kappa shape index (κ3) is 3.88. The van der Waals surface area contributed by atoms with E-state index in [-0.39, 0.29) is 18.0 Å². The maximum absolute atomic E-state index is 16.1. The molecule has 3 aliphatic heterocycles. The predicted molar refractivity (Wildman–Crippen MR) is 145 cm³/mol. The van der Waals surface area contributed by atoms with Gasteiger partial charge < -0.3 is 24.5 Å². The van der Waals surface area contributed by atoms with Crippen molar-refractivity contribution in [1.29, 1.82) is 0 Å². The van der Waals surface area contributed by atoms with Crippen LogP contribution in [0.3, 0.4) is 0 Å². The first-order chi connectivity index (χ1) is 19.0. The summed E-state index contributed by atoms with van der Waals surface area (Å²) in [6.07, 6.45) is 8.57. The minimum atomic E-state index is -0.400. The topological polar surface area (TPSA) is 90.7 Å². The Kier molecular flexibility index (Phi) is 5.49. The summed E-state index contributed by atoms with van der Waals surface area (Å²) in [5, 5.41) is 1.14. The first-order valence-corrected chi connectivity index (χ1v) is 14.6. The van der Waals surface area contributed by atoms with Crippen LogP contribution in [0.1, 0.15) is 48.9 Å². The number of nitrogens with zero attached hydrogens (tertiary/aromatic N) is 5. The number of ether oxygens (including phenoxy) is 1. The van der Waals surface area contributed by atoms with Crippen LogP contribution in [0.25, 0.3) is 28.6 Å². The standard InChI is InChI=1S/C30H35FN6O2/c31-22-10-21(30(38)36-15-20-5-6-24(36)26(20)32)11-23-27(22)37(14-18-7-9-39-16-18)29(34-23)25-12-19-2-1-8-33-28(19)35(25)13-17-3-4-17/h2,10-12,17-18,20,24,26H,1,3-9,13-16,32H2/t18-,20-,24-,26-/m1/s1. The van der Waals surface area contributed by atoms with Gasteiger partial charge in [-0.3, -0.25) is 9.79 Å². The van der Waals surface area contributed by atoms with Gasteiger partial charge in [0.15, 0.2) is 5.82 Å². The Bertz CT molecular complexity index is 1600. The lowest BCUT2D eigenvalue weighted by Gasteiger charge is -2.27. The smallest absolute Gasteiger partial charge is 0.254 e. The molecule has 8 nitrogen and oxygen atoms in total. The maximum Gasteiger partial charge on any atom is 0.254 e. The lowest BCUT2D eigenvalue weighted by atomic mass is 10.1. The molecular formula is C30H35FN6O2. The molecule has 2 saturated carbocycles. The number of benzene rings is 1. The summed E-state index contributed by atoms with van der Waals surface area (Å²) in [4.78, 5) is 25.4. The van der Waals surface area contributed by atoms with E-state index < -0.39 is 5.82 Å². The Labute approximate surface area is 226 Å². The van der Waals surface area contributed by atoms with Crippen molar-refractivity contribution in [2.75, 3.05) is 26.3 Å². The fourth-order valence-electron chi connectivity index (χ4n) is 7.35. The molecule has 5 aliphatic rings. The van der Waals surface area contributed by atoms with Gasteiger partial charge in [-0.15, -0.1) is 0 Å². The molecule has 0 spiro atoms. The number of hydrogen-bond donors (Lipinski definition) is 1. The number of nitrogens with two attached hydrogens (primary N) is 1. The van der Waals surface area contributed by atoms with E-state index in [2.05, 4.69) is 16.7 Å². The molecule has 2 saturated heterocycles. The number of carbonyl (C=O) groups is 1. The van der Waals surface area contributed by atoms with Gasteiger partial charge in [0.2, 0.25) is 0 Å². The number of halogens is 1. The molecule has 9 heteroatoms. The molecule has 2 aromatic heterocycles. The van der Waals surface area contributed by atoms with E-state index in [9.17, 15) is 4.79 Å². The second kappa shape index (κ2) is 8.99. The molecule has 3 aromatic rings. The van der Waals surface area contributed by atoms with Crippen LogP contribution in [0.2, 0.25) is 0 Å². The van der Waals surface area contributed by atoms with Gasteiger partial charge in [-0.1, -0.05) is 6.08 Å². The van der Waals surface area contributed by atoms with Crippen LogP contribution in [-0.4, -0.2) is 63.3 Å². The van der Waals surface area contributed by atoms with Gasteiger partial charge in [0, 0.05) is 61.6 Å². The van der Waals surface area contributed by atoms with Gasteiger partial charge in [0.05, 0.1) is 17.8 Å². The second-order valence-corrected chi connectivity index (χ2v) is 12.3. The van der Waals surface area contributed by atoms with Gasteiger partial charge in [0.1, 0.15) is 16.8 Å². The Hall–Kier alpha value is -3.04. The van der Waals surface area contributed by atoms with Crippen LogP contribution in [0.5, 0.6) is 0 Å². The van der Waals surface area contributed by atoms with Crippen molar-refractivity contribution in [1.82, 2.24) is 19.0 Å². The number of aromatic nitrogens is 3. The normalized spacial score (nSPS) is 27.7. The van der Waals surface area contributed by atoms with Crippen molar-refractivity contribution >= 4 is 23.0 Å². The molecule has 0 radical (unpaired) electrons. The zero-order chi connectivity index (χ0) is 26.2. The van der Waals surface area contributed by atoms with Crippen molar-refractivity contribution in [3.8, 4) is 11.5 Å². The molecule has 0 unspecified atom stereocenters. The Morgan fingerprint density at radius 2 is 1.95 bits per heavy atom. The first kappa shape index (κ1) is 23.8. The highest BCUT2D eigenvalue weighted by Gasteiger charge is 2.47. The van der Waals surface area contributed by atoms with Gasteiger partial charge in [-0.25, -0.2) is 9.37 Å². The molecule has 4 fully saturated rings. The number of imidazole rings is 1. The van der Waals surface area contributed by atoms with Gasteiger partial charge >= 0.3 is 0 Å². The van der Waals surface area contributed by atoms with Crippen molar-refractivity contribution in [3.63, 3.8) is 0 Å². The van der Waals surface area contributed by atoms with E-state index >= 15 is 4.39 Å². The quantitative estimate of drug-likeness (QED) is 0.530. The molecule has 204 valence electrons. The van der Waals surface area contributed by atoms with Crippen LogP contribution in [-0.2, 0) is 17.8 Å². The maximum atomic E-state index is 16.1. The SMILES string of the molecule is N[C@@H]1[C@@H]2CC[C@H]1N(C(=O)c1cc(F)c3c(c1)nc(-c1cc4c(n1CC1CC1)=NCCC=4)n3C[C@H]1CCOC1)C2. The molecule has 5 heterocycles. The summed E-state index contributed by atoms with van der Waals surface area (Å²) in [5.41, 5.74) is 9.71. The average molecular weight is 531 g/mol. The van der Waals surface area contributed by atoms with Crippen LogP contribution in [0.4, 0.5) is 4.39 Å². The summed E-state index contributed by atoms with van der Waals surface area (Å²) >= 11 is 0. The largest absolute Gasteiger partial charge is 0.381 e. The number of amides is 1. The third-order valence-corrected chi connectivity index (χ3v) is 9.64. The third-order valence-electron chi connectivity index (χ3n) is 9.64. The molecule has 4 atom stereocenters. The molecule has 1 aromatic carbocycles. The fourth-order valence-corrected chi connectivity index (χ4v) is 7.35. The summed E-state index contributed by atoms with van der Waals surface area (Å²) in [6.45, 7) is 4.37. The van der Waals surface area contributed by atoms with E-state index in [1.54, 1.807) is 6.07 Å². The Balaban J connectivity index is 1.27. The van der Waals surface area contributed by atoms with Crippen LogP contribution >= 0.6 is 0 Å². The number of piperidine rings is 1. The monoisotopic (exact) mass is 530 g/mol. The van der Waals surface area contributed by atoms with E-state index in [1.165, 1.54) is 18.9 Å². The molecule has 39 heavy (non-hydrogen) atoms. The van der Waals surface area contributed by atoms with Crippen molar-refractivity contribution < 1.29 is 13.9 Å². The highest BCUT2D eigenvalue weighted by molar-refractivity contribution is 5.98. The number of hydrogen-bond acceptors (Lipinski definition) is 5.